The molecule has 0 aliphatic carbocycles. The Hall–Kier alpha value is -7.90. The highest BCUT2D eigenvalue weighted by Crippen LogP contribution is 2.20. The molecule has 0 saturated carbocycles. The van der Waals surface area contributed by atoms with E-state index in [1.807, 2.05) is 0 Å². The van der Waals surface area contributed by atoms with Gasteiger partial charge in [-0.05, 0) is 74.4 Å². The topological polar surface area (TPSA) is 421 Å². The Bertz CT molecular complexity index is 2520. The Morgan fingerprint density at radius 2 is 1.29 bits per heavy atom. The van der Waals surface area contributed by atoms with Crippen molar-refractivity contribution in [1.29, 1.82) is 0 Å². The van der Waals surface area contributed by atoms with Crippen molar-refractivity contribution in [1.82, 2.24) is 52.2 Å². The number of rotatable bonds is 30. The third kappa shape index (κ3) is 18.3. The van der Waals surface area contributed by atoms with E-state index in [0.29, 0.717) is 41.6 Å². The van der Waals surface area contributed by atoms with Gasteiger partial charge in [0.1, 0.15) is 48.0 Å². The molecule has 8 amide bonds. The van der Waals surface area contributed by atoms with Gasteiger partial charge >= 0.3 is 5.97 Å². The first-order valence-corrected chi connectivity index (χ1v) is 23.7. The predicted octanol–water partition coefficient (Wildman–Crippen LogP) is -2.51. The third-order valence-electron chi connectivity index (χ3n) is 11.7. The number of nitrogens with zero attached hydrogens (tertiary/aromatic N) is 1. The molecule has 0 aliphatic rings. The number of carbonyl (C=O) groups excluding carboxylic acids is 8. The van der Waals surface area contributed by atoms with E-state index in [2.05, 4.69) is 52.2 Å². The summed E-state index contributed by atoms with van der Waals surface area (Å²) in [6, 6.07) is 3.28. The predicted molar refractivity (Wildman–Crippen MR) is 264 cm³/mol. The Labute approximate surface area is 420 Å². The van der Waals surface area contributed by atoms with E-state index in [0.717, 1.165) is 5.52 Å². The van der Waals surface area contributed by atoms with Crippen LogP contribution < -0.4 is 54.4 Å². The number of carboxylic acid groups (broad SMARTS) is 1. The van der Waals surface area contributed by atoms with Crippen molar-refractivity contribution < 1.29 is 58.5 Å². The lowest BCUT2D eigenvalue weighted by molar-refractivity contribution is -0.142. The maximum atomic E-state index is 14.1. The van der Waals surface area contributed by atoms with Gasteiger partial charge in [0.2, 0.25) is 47.3 Å². The summed E-state index contributed by atoms with van der Waals surface area (Å²) in [6.45, 7) is 4.12. The molecule has 0 aliphatic heterocycles. The number of unbranched alkanes of at least 4 members (excludes halogenated alkanes) is 1. The van der Waals surface area contributed by atoms with Crippen LogP contribution in [0, 0.1) is 5.92 Å². The number of aliphatic hydroxyl groups excluding tert-OH is 1. The number of aromatic hydroxyl groups is 1. The van der Waals surface area contributed by atoms with E-state index < -0.39 is 114 Å². The van der Waals surface area contributed by atoms with Crippen molar-refractivity contribution in [3.63, 3.8) is 0 Å². The van der Waals surface area contributed by atoms with Gasteiger partial charge in [-0.15, -0.1) is 0 Å². The molecule has 0 unspecified atom stereocenters. The summed E-state index contributed by atoms with van der Waals surface area (Å²) in [6.07, 6.45) is 2.93. The lowest BCUT2D eigenvalue weighted by Gasteiger charge is -2.27. The minimum atomic E-state index is -1.46. The molecule has 73 heavy (non-hydrogen) atoms. The quantitative estimate of drug-likeness (QED) is 0.0240. The van der Waals surface area contributed by atoms with Gasteiger partial charge in [0.05, 0.1) is 19.0 Å². The smallest absolute Gasteiger partial charge is 0.326 e. The van der Waals surface area contributed by atoms with E-state index in [1.54, 1.807) is 44.3 Å². The minimum absolute atomic E-state index is 0.0376. The molecule has 396 valence electrons. The summed E-state index contributed by atoms with van der Waals surface area (Å²) in [4.78, 5) is 130. The zero-order chi connectivity index (χ0) is 53.8. The van der Waals surface area contributed by atoms with Crippen molar-refractivity contribution >= 4 is 64.1 Å². The number of aromatic amines is 2. The number of imidazole rings is 1. The fraction of sp³-hybridized carbons (Fsp3) is 0.458. The summed E-state index contributed by atoms with van der Waals surface area (Å²) in [5, 5.41) is 48.0. The summed E-state index contributed by atoms with van der Waals surface area (Å²) < 4.78 is 0. The molecule has 18 N–H and O–H groups in total. The normalized spacial score (nSPS) is 14.5. The number of phenolic OH excluding ortho intramolecular Hbond substituents is 1. The van der Waals surface area contributed by atoms with Crippen LogP contribution in [0.15, 0.2) is 67.3 Å². The largest absolute Gasteiger partial charge is 0.508 e. The maximum absolute atomic E-state index is 14.1. The van der Waals surface area contributed by atoms with Crippen LogP contribution in [0.2, 0.25) is 0 Å². The molecule has 2 heterocycles. The lowest BCUT2D eigenvalue weighted by Crippen LogP contribution is -2.60. The van der Waals surface area contributed by atoms with Crippen molar-refractivity contribution in [2.45, 2.75) is 121 Å². The molecule has 2 aromatic carbocycles. The van der Waals surface area contributed by atoms with Crippen molar-refractivity contribution in [2.24, 2.45) is 23.1 Å². The number of primary amides is 1. The minimum Gasteiger partial charge on any atom is -0.508 e. The fourth-order valence-electron chi connectivity index (χ4n) is 7.55. The summed E-state index contributed by atoms with van der Waals surface area (Å²) >= 11 is 0. The van der Waals surface area contributed by atoms with Crippen LogP contribution in [0.25, 0.3) is 10.9 Å². The molecule has 25 heteroatoms. The monoisotopic (exact) mass is 1020 g/mol. The number of nitrogens with one attached hydrogen (secondary N) is 9. The lowest BCUT2D eigenvalue weighted by atomic mass is 10.0. The van der Waals surface area contributed by atoms with Crippen LogP contribution in [0.5, 0.6) is 5.75 Å². The third-order valence-corrected chi connectivity index (χ3v) is 11.7. The molecule has 25 nitrogen and oxygen atoms in total. The van der Waals surface area contributed by atoms with Gasteiger partial charge < -0.3 is 79.7 Å². The molecule has 0 saturated heterocycles. The van der Waals surface area contributed by atoms with Gasteiger partial charge in [-0.25, -0.2) is 9.78 Å². The zero-order valence-corrected chi connectivity index (χ0v) is 40.8. The summed E-state index contributed by atoms with van der Waals surface area (Å²) in [5.74, 6) is -8.81. The molecule has 0 fully saturated rings. The number of benzene rings is 2. The van der Waals surface area contributed by atoms with Gasteiger partial charge in [0, 0.05) is 54.7 Å². The van der Waals surface area contributed by atoms with Crippen LogP contribution in [-0.2, 0) is 62.4 Å². The van der Waals surface area contributed by atoms with Gasteiger partial charge in [-0.1, -0.05) is 44.2 Å². The first-order valence-electron chi connectivity index (χ1n) is 23.7. The highest BCUT2D eigenvalue weighted by atomic mass is 16.4. The first kappa shape index (κ1) is 57.7. The number of carboxylic acids is 1. The van der Waals surface area contributed by atoms with Crippen LogP contribution >= 0.6 is 0 Å². The molecule has 8 atom stereocenters. The molecule has 0 radical (unpaired) electrons. The zero-order valence-electron chi connectivity index (χ0n) is 40.8. The van der Waals surface area contributed by atoms with Gasteiger partial charge in [-0.3, -0.25) is 38.4 Å². The summed E-state index contributed by atoms with van der Waals surface area (Å²) in [5.41, 5.74) is 19.0. The average molecular weight is 1020 g/mol. The highest BCUT2D eigenvalue weighted by molar-refractivity contribution is 5.97. The summed E-state index contributed by atoms with van der Waals surface area (Å²) in [7, 11) is 0. The SMILES string of the molecule is CC(C)[C@H](NC(=O)[C@H](Cc1cnc[nH]1)NC(=O)[C@H](Cc1ccc(O)cc1)NC(=O)[C@@H](N)[C@@H](C)O)C(=O)NCC(=O)N[C@@H](Cc1c[nH]c2ccccc12)C(=O)N[C@@H](CCC(N)=O)C(=O)N[C@@H](CCCCN)C(=O)O. The van der Waals surface area contributed by atoms with Gasteiger partial charge in [0.25, 0.3) is 0 Å². The van der Waals surface area contributed by atoms with E-state index in [1.165, 1.54) is 43.7 Å². The number of fused-ring (bicyclic) bond motifs is 1. The molecular formula is C48H67N13O12. The molecule has 4 rings (SSSR count). The van der Waals surface area contributed by atoms with Gasteiger partial charge in [-0.2, -0.15) is 0 Å². The van der Waals surface area contributed by atoms with E-state index in [4.69, 9.17) is 17.2 Å². The molecule has 0 bridgehead atoms. The van der Waals surface area contributed by atoms with E-state index in [-0.39, 0.29) is 44.3 Å². The van der Waals surface area contributed by atoms with Crippen LogP contribution in [-0.4, -0.2) is 145 Å². The van der Waals surface area contributed by atoms with Gasteiger partial charge in [0.15, 0.2) is 0 Å². The number of amides is 8. The van der Waals surface area contributed by atoms with Crippen molar-refractivity contribution in [3.8, 4) is 5.75 Å². The number of aromatic nitrogens is 3. The second-order valence-electron chi connectivity index (χ2n) is 17.9. The van der Waals surface area contributed by atoms with Crippen molar-refractivity contribution in [3.05, 3.63) is 84.1 Å². The number of carbonyl (C=O) groups is 9. The highest BCUT2D eigenvalue weighted by Gasteiger charge is 2.34. The van der Waals surface area contributed by atoms with E-state index >= 15 is 0 Å². The number of hydrogen-bond acceptors (Lipinski definition) is 14. The molecule has 0 spiro atoms. The van der Waals surface area contributed by atoms with Crippen LogP contribution in [0.4, 0.5) is 0 Å². The van der Waals surface area contributed by atoms with Crippen molar-refractivity contribution in [2.75, 3.05) is 13.1 Å². The second-order valence-corrected chi connectivity index (χ2v) is 17.9. The Morgan fingerprint density at radius 1 is 0.685 bits per heavy atom. The standard InChI is InChI=1S/C48H67N13O12/c1-25(2)41(61-45(69)37(20-29-22-52-24-55-29)59-43(67)35(60-46(70)40(51)26(3)62)18-27-11-13-30(63)14-12-27)47(71)54-23-39(65)56-36(19-28-21-53-32-9-5-4-8-31(28)32)44(68)57-33(15-16-38(50)64)42(66)58-34(48(72)73)10-6-7-17-49/h4-5,8-9,11-14,21-22,24-26,33-37,40-41,53,62-63H,6-7,10,15-20,23,49,51H2,1-3H3,(H2,50,64)(H,52,55)(H,54,71)(H,56,65)(H,57,68)(H,58,66)(H,59,67)(H,60,70)(H,61,69)(H,72,73)/t26-,33+,34+,35+,36+,37+,40+,41+/m1/s1. The Balaban J connectivity index is 1.52. The number of H-pyrrole nitrogens is 2. The molecular weight excluding hydrogens is 951 g/mol. The first-order chi connectivity index (χ1) is 34.7. The van der Waals surface area contributed by atoms with Crippen LogP contribution in [0.3, 0.4) is 0 Å². The van der Waals surface area contributed by atoms with Crippen LogP contribution in [0.1, 0.15) is 69.7 Å². The molecule has 2 aromatic heterocycles. The number of aliphatic carboxylic acids is 1. The number of para-hydroxylation sites is 1. The Kier molecular flexibility index (Phi) is 22.3. The van der Waals surface area contributed by atoms with E-state index in [9.17, 15) is 58.5 Å². The number of aliphatic hydroxyl groups is 1. The fourth-order valence-corrected chi connectivity index (χ4v) is 7.55. The Morgan fingerprint density at radius 3 is 1.90 bits per heavy atom. The molecule has 4 aromatic rings. The maximum Gasteiger partial charge on any atom is 0.326 e. The average Bonchev–Trinajstić information content (AvgIpc) is 4.02. The number of nitrogens with two attached hydrogens (primary N) is 3. The number of hydrogen-bond donors (Lipinski definition) is 15. The number of phenols is 1. The second kappa shape index (κ2) is 28.2.